The lowest BCUT2D eigenvalue weighted by Crippen LogP contribution is -2.57. The smallest absolute Gasteiger partial charge is 0.198 e. The van der Waals surface area contributed by atoms with Crippen LogP contribution in [0.15, 0.2) is 4.99 Å². The van der Waals surface area contributed by atoms with Gasteiger partial charge < -0.3 is 15.0 Å². The number of nitrogens with zero attached hydrogens (tertiary/aromatic N) is 2. The summed E-state index contributed by atoms with van der Waals surface area (Å²) in [5.41, 5.74) is 0. The van der Waals surface area contributed by atoms with E-state index >= 15 is 0 Å². The van der Waals surface area contributed by atoms with Gasteiger partial charge in [0.15, 0.2) is 5.84 Å². The zero-order valence-corrected chi connectivity index (χ0v) is 13.4. The van der Waals surface area contributed by atoms with Crippen LogP contribution in [0.1, 0.15) is 58.3 Å². The molecule has 0 saturated carbocycles. The van der Waals surface area contributed by atoms with E-state index in [4.69, 9.17) is 0 Å². The average molecular weight is 298 g/mol. The molecule has 21 heavy (non-hydrogen) atoms. The molecule has 1 N–H and O–H groups in total. The molecule has 0 saturated heterocycles. The van der Waals surface area contributed by atoms with E-state index in [1.54, 1.807) is 0 Å². The van der Waals surface area contributed by atoms with Crippen LogP contribution >= 0.6 is 0 Å². The molecule has 0 aliphatic carbocycles. The standard InChI is InChI=1S/C16H30N2O3/c1-2-3-4-5-6-7-8-9-15-17-10-11-18(15,12-13-19)14-16(20)21/h19H,2-14H2,1H3. The number of hydrogen-bond acceptors (Lipinski definition) is 4. The largest absolute Gasteiger partial charge is 0.544 e. The molecule has 0 aromatic heterocycles. The second kappa shape index (κ2) is 9.90. The Labute approximate surface area is 128 Å². The summed E-state index contributed by atoms with van der Waals surface area (Å²) in [4.78, 5) is 15.5. The summed E-state index contributed by atoms with van der Waals surface area (Å²) in [6, 6.07) is 0. The zero-order valence-electron chi connectivity index (χ0n) is 13.4. The molecule has 0 spiro atoms. The maximum atomic E-state index is 11.0. The number of carboxylic acids is 1. The van der Waals surface area contributed by atoms with Gasteiger partial charge in [0.2, 0.25) is 0 Å². The van der Waals surface area contributed by atoms with Gasteiger partial charge in [0, 0.05) is 6.42 Å². The molecule has 0 aromatic rings. The number of aliphatic hydroxyl groups is 1. The minimum Gasteiger partial charge on any atom is -0.544 e. The van der Waals surface area contributed by atoms with Gasteiger partial charge in [-0.3, -0.25) is 4.48 Å². The molecule has 1 aliphatic heterocycles. The van der Waals surface area contributed by atoms with Crippen LogP contribution in [0.4, 0.5) is 0 Å². The summed E-state index contributed by atoms with van der Waals surface area (Å²) in [6.07, 6.45) is 9.50. The van der Waals surface area contributed by atoms with Crippen molar-refractivity contribution in [3.8, 4) is 0 Å². The van der Waals surface area contributed by atoms with Crippen LogP contribution < -0.4 is 5.11 Å². The molecule has 1 heterocycles. The Kier molecular flexibility index (Phi) is 8.54. The molecule has 1 aliphatic rings. The van der Waals surface area contributed by atoms with Crippen molar-refractivity contribution >= 4 is 11.8 Å². The zero-order chi connectivity index (χ0) is 15.6. The van der Waals surface area contributed by atoms with Gasteiger partial charge in [0.25, 0.3) is 0 Å². The second-order valence-corrected chi connectivity index (χ2v) is 6.02. The quantitative estimate of drug-likeness (QED) is 0.433. The lowest BCUT2D eigenvalue weighted by atomic mass is 10.1. The topological polar surface area (TPSA) is 72.7 Å². The predicted octanol–water partition coefficient (Wildman–Crippen LogP) is 1.10. The Morgan fingerprint density at radius 3 is 2.52 bits per heavy atom. The highest BCUT2D eigenvalue weighted by Crippen LogP contribution is 2.20. The molecule has 0 radical (unpaired) electrons. The molecule has 0 aromatic carbocycles. The van der Waals surface area contributed by atoms with Crippen molar-refractivity contribution in [3.05, 3.63) is 0 Å². The van der Waals surface area contributed by atoms with E-state index in [-0.39, 0.29) is 13.2 Å². The number of hydrogen-bond donors (Lipinski definition) is 1. The van der Waals surface area contributed by atoms with Crippen LogP contribution in [-0.2, 0) is 4.79 Å². The first-order chi connectivity index (χ1) is 10.1. The highest BCUT2D eigenvalue weighted by Gasteiger charge is 2.37. The third kappa shape index (κ3) is 6.14. The van der Waals surface area contributed by atoms with E-state index in [1.807, 2.05) is 0 Å². The summed E-state index contributed by atoms with van der Waals surface area (Å²) in [6.45, 7) is 3.93. The minimum absolute atomic E-state index is 0.0106. The van der Waals surface area contributed by atoms with Gasteiger partial charge in [0.05, 0.1) is 19.1 Å². The number of rotatable bonds is 12. The molecule has 1 atom stereocenters. The van der Waals surface area contributed by atoms with Gasteiger partial charge in [-0.25, -0.2) is 4.99 Å². The summed E-state index contributed by atoms with van der Waals surface area (Å²) >= 11 is 0. The number of unbranched alkanes of at least 4 members (excludes halogenated alkanes) is 6. The number of carbonyl (C=O) groups is 1. The first-order valence-corrected chi connectivity index (χ1v) is 8.35. The van der Waals surface area contributed by atoms with Crippen LogP contribution in [0, 0.1) is 0 Å². The Bertz CT molecular complexity index is 344. The third-order valence-corrected chi connectivity index (χ3v) is 4.33. The van der Waals surface area contributed by atoms with E-state index in [0.29, 0.717) is 24.1 Å². The molecular weight excluding hydrogens is 268 g/mol. The number of aliphatic hydroxyl groups excluding tert-OH is 1. The predicted molar refractivity (Wildman–Crippen MR) is 81.9 cm³/mol. The van der Waals surface area contributed by atoms with Gasteiger partial charge in [-0.15, -0.1) is 0 Å². The molecule has 5 nitrogen and oxygen atoms in total. The Morgan fingerprint density at radius 2 is 1.90 bits per heavy atom. The molecular formula is C16H30N2O3. The third-order valence-electron chi connectivity index (χ3n) is 4.33. The van der Waals surface area contributed by atoms with Gasteiger partial charge in [-0.2, -0.15) is 0 Å². The summed E-state index contributed by atoms with van der Waals surface area (Å²) < 4.78 is 0.300. The Morgan fingerprint density at radius 1 is 1.24 bits per heavy atom. The van der Waals surface area contributed by atoms with E-state index in [9.17, 15) is 15.0 Å². The van der Waals surface area contributed by atoms with E-state index in [1.165, 1.54) is 38.5 Å². The van der Waals surface area contributed by atoms with Gasteiger partial charge in [-0.05, 0) is 6.42 Å². The SMILES string of the molecule is CCCCCCCCCC1=NCC[N+]1(CCO)CC(=O)[O-]. The van der Waals surface area contributed by atoms with Crippen molar-refractivity contribution in [2.75, 3.05) is 32.8 Å². The highest BCUT2D eigenvalue weighted by molar-refractivity contribution is 5.79. The second-order valence-electron chi connectivity index (χ2n) is 6.02. The van der Waals surface area contributed by atoms with Crippen LogP contribution in [0.25, 0.3) is 0 Å². The Balaban J connectivity index is 2.35. The van der Waals surface area contributed by atoms with E-state index in [0.717, 1.165) is 18.7 Å². The number of aliphatic carboxylic acids is 1. The minimum atomic E-state index is -1.06. The number of amidine groups is 1. The monoisotopic (exact) mass is 298 g/mol. The van der Waals surface area contributed by atoms with Crippen molar-refractivity contribution in [1.29, 1.82) is 0 Å². The van der Waals surface area contributed by atoms with Crippen molar-refractivity contribution < 1.29 is 19.5 Å². The summed E-state index contributed by atoms with van der Waals surface area (Å²) in [7, 11) is 0. The molecule has 1 unspecified atom stereocenters. The maximum Gasteiger partial charge on any atom is 0.198 e. The van der Waals surface area contributed by atoms with Crippen molar-refractivity contribution in [2.24, 2.45) is 4.99 Å². The molecule has 0 fully saturated rings. The number of carbonyl (C=O) groups excluding carboxylic acids is 1. The lowest BCUT2D eigenvalue weighted by molar-refractivity contribution is -0.831. The number of quaternary nitrogens is 1. The van der Waals surface area contributed by atoms with Gasteiger partial charge >= 0.3 is 0 Å². The molecule has 0 bridgehead atoms. The average Bonchev–Trinajstić information content (AvgIpc) is 2.80. The fourth-order valence-electron chi connectivity index (χ4n) is 3.13. The van der Waals surface area contributed by atoms with E-state index < -0.39 is 5.97 Å². The van der Waals surface area contributed by atoms with Gasteiger partial charge in [0.1, 0.15) is 19.6 Å². The van der Waals surface area contributed by atoms with Crippen LogP contribution in [0.2, 0.25) is 0 Å². The van der Waals surface area contributed by atoms with Crippen molar-refractivity contribution in [3.63, 3.8) is 0 Å². The molecule has 122 valence electrons. The fraction of sp³-hybridized carbons (Fsp3) is 0.875. The normalized spacial score (nSPS) is 21.5. The first kappa shape index (κ1) is 18.1. The maximum absolute atomic E-state index is 11.0. The summed E-state index contributed by atoms with van der Waals surface area (Å²) in [5, 5.41) is 20.2. The lowest BCUT2D eigenvalue weighted by Gasteiger charge is -2.34. The van der Waals surface area contributed by atoms with E-state index in [2.05, 4.69) is 11.9 Å². The van der Waals surface area contributed by atoms with Crippen LogP contribution in [0.5, 0.6) is 0 Å². The van der Waals surface area contributed by atoms with Gasteiger partial charge in [-0.1, -0.05) is 45.4 Å². The number of carboxylic acid groups (broad SMARTS) is 1. The van der Waals surface area contributed by atoms with Crippen LogP contribution in [-0.4, -0.2) is 54.2 Å². The van der Waals surface area contributed by atoms with Crippen molar-refractivity contribution in [2.45, 2.75) is 58.3 Å². The highest BCUT2D eigenvalue weighted by atomic mass is 16.4. The Hall–Kier alpha value is -0.940. The molecule has 0 amide bonds. The molecule has 5 heteroatoms. The first-order valence-electron chi connectivity index (χ1n) is 8.35. The van der Waals surface area contributed by atoms with Crippen LogP contribution in [0.3, 0.4) is 0 Å². The van der Waals surface area contributed by atoms with Crippen molar-refractivity contribution in [1.82, 2.24) is 0 Å². The number of aliphatic imine (C=N–C) groups is 1. The molecule has 1 rings (SSSR count). The summed E-state index contributed by atoms with van der Waals surface area (Å²) in [5.74, 6) is -0.112. The fourth-order valence-corrected chi connectivity index (χ4v) is 3.13.